The Hall–Kier alpha value is -2.90. The van der Waals surface area contributed by atoms with Crippen LogP contribution in [0.3, 0.4) is 0 Å². The first-order valence-electron chi connectivity index (χ1n) is 9.09. The molecule has 1 aliphatic rings. The van der Waals surface area contributed by atoms with Crippen molar-refractivity contribution in [1.29, 1.82) is 0 Å². The van der Waals surface area contributed by atoms with Gasteiger partial charge in [-0.15, -0.1) is 10.2 Å². The van der Waals surface area contributed by atoms with E-state index in [0.29, 0.717) is 41.9 Å². The number of carbonyl (C=O) groups is 1. The smallest absolute Gasteiger partial charge is 0.321 e. The third-order valence-corrected chi connectivity index (χ3v) is 5.07. The summed E-state index contributed by atoms with van der Waals surface area (Å²) in [6, 6.07) is 12.5. The van der Waals surface area contributed by atoms with E-state index in [0.717, 1.165) is 17.1 Å². The van der Waals surface area contributed by atoms with Crippen molar-refractivity contribution < 1.29 is 4.79 Å². The molecule has 3 aromatic rings. The molecule has 9 heteroatoms. The molecule has 0 bridgehead atoms. The Morgan fingerprint density at radius 2 is 1.59 bits per heavy atom. The number of benzene rings is 1. The maximum Gasteiger partial charge on any atom is 0.321 e. The van der Waals surface area contributed by atoms with Crippen LogP contribution in [-0.2, 0) is 0 Å². The average Bonchev–Trinajstić information content (AvgIpc) is 2.74. The molecule has 3 heterocycles. The Kier molecular flexibility index (Phi) is 5.78. The van der Waals surface area contributed by atoms with Crippen LogP contribution < -0.4 is 10.2 Å². The minimum absolute atomic E-state index is 0.179. The number of nitrogens with one attached hydrogen (secondary N) is 1. The Morgan fingerprint density at radius 3 is 2.21 bits per heavy atom. The third-order valence-electron chi connectivity index (χ3n) is 4.63. The lowest BCUT2D eigenvalue weighted by Gasteiger charge is -2.35. The maximum atomic E-state index is 12.5. The highest BCUT2D eigenvalue weighted by atomic mass is 35.5. The SMILES string of the molecule is O=C(Nc1cc(Cl)cc(Cl)c1)N1CCN(c2ccc(-c3ccncc3)nn2)CC1. The number of halogens is 2. The van der Waals surface area contributed by atoms with Crippen LogP contribution >= 0.6 is 23.2 Å². The summed E-state index contributed by atoms with van der Waals surface area (Å²) in [7, 11) is 0. The van der Waals surface area contributed by atoms with Crippen LogP contribution in [-0.4, -0.2) is 52.3 Å². The summed E-state index contributed by atoms with van der Waals surface area (Å²) < 4.78 is 0. The van der Waals surface area contributed by atoms with Crippen LogP contribution in [0.5, 0.6) is 0 Å². The van der Waals surface area contributed by atoms with Gasteiger partial charge in [0.15, 0.2) is 5.82 Å². The van der Waals surface area contributed by atoms with Gasteiger partial charge in [0.05, 0.1) is 5.69 Å². The second kappa shape index (κ2) is 8.63. The van der Waals surface area contributed by atoms with Gasteiger partial charge in [-0.05, 0) is 42.5 Å². The molecular weight excluding hydrogens is 411 g/mol. The fourth-order valence-corrected chi connectivity index (χ4v) is 3.66. The second-order valence-electron chi connectivity index (χ2n) is 6.58. The van der Waals surface area contributed by atoms with Crippen LogP contribution in [0.4, 0.5) is 16.3 Å². The molecule has 0 aliphatic carbocycles. The molecule has 0 atom stereocenters. The van der Waals surface area contributed by atoms with Gasteiger partial charge in [-0.2, -0.15) is 0 Å². The Balaban J connectivity index is 1.35. The second-order valence-corrected chi connectivity index (χ2v) is 7.45. The topological polar surface area (TPSA) is 74.2 Å². The van der Waals surface area contributed by atoms with Crippen LogP contribution in [0, 0.1) is 0 Å². The molecule has 7 nitrogen and oxygen atoms in total. The maximum absolute atomic E-state index is 12.5. The molecular formula is C20H18Cl2N6O. The monoisotopic (exact) mass is 428 g/mol. The van der Waals surface area contributed by atoms with Gasteiger partial charge in [-0.1, -0.05) is 23.2 Å². The Bertz CT molecular complexity index is 971. The van der Waals surface area contributed by atoms with E-state index in [-0.39, 0.29) is 6.03 Å². The zero-order valence-electron chi connectivity index (χ0n) is 15.4. The lowest BCUT2D eigenvalue weighted by Crippen LogP contribution is -2.50. The fraction of sp³-hybridized carbons (Fsp3) is 0.200. The van der Waals surface area contributed by atoms with Gasteiger partial charge in [0.2, 0.25) is 0 Å². The number of hydrogen-bond donors (Lipinski definition) is 1. The van der Waals surface area contributed by atoms with Crippen molar-refractivity contribution in [2.75, 3.05) is 36.4 Å². The zero-order chi connectivity index (χ0) is 20.2. The first-order chi connectivity index (χ1) is 14.1. The molecule has 1 aliphatic heterocycles. The molecule has 1 aromatic carbocycles. The molecule has 0 spiro atoms. The lowest BCUT2D eigenvalue weighted by atomic mass is 10.2. The quantitative estimate of drug-likeness (QED) is 0.676. The molecule has 2 aromatic heterocycles. The molecule has 29 heavy (non-hydrogen) atoms. The van der Waals surface area contributed by atoms with E-state index in [1.54, 1.807) is 35.5 Å². The summed E-state index contributed by atoms with van der Waals surface area (Å²) in [5.74, 6) is 0.796. The van der Waals surface area contributed by atoms with Crippen molar-refractivity contribution in [2.45, 2.75) is 0 Å². The van der Waals surface area contributed by atoms with Crippen molar-refractivity contribution in [1.82, 2.24) is 20.1 Å². The van der Waals surface area contributed by atoms with Crippen molar-refractivity contribution in [3.05, 3.63) is 64.9 Å². The van der Waals surface area contributed by atoms with Crippen LogP contribution in [0.1, 0.15) is 0 Å². The molecule has 2 amide bonds. The van der Waals surface area contributed by atoms with Crippen LogP contribution in [0.25, 0.3) is 11.3 Å². The number of hydrogen-bond acceptors (Lipinski definition) is 5. The first kappa shape index (κ1) is 19.4. The number of nitrogens with zero attached hydrogens (tertiary/aromatic N) is 5. The van der Waals surface area contributed by atoms with Crippen molar-refractivity contribution in [2.24, 2.45) is 0 Å². The van der Waals surface area contributed by atoms with E-state index < -0.39 is 0 Å². The number of carbonyl (C=O) groups excluding carboxylic acids is 1. The van der Waals surface area contributed by atoms with Crippen molar-refractivity contribution in [3.8, 4) is 11.3 Å². The molecule has 0 radical (unpaired) electrons. The standard InChI is InChI=1S/C20H18Cl2N6O/c21-15-11-16(22)13-17(12-15)24-20(29)28-9-7-27(8-10-28)19-2-1-18(25-26-19)14-3-5-23-6-4-14/h1-6,11-13H,7-10H2,(H,24,29). The minimum atomic E-state index is -0.179. The van der Waals surface area contributed by atoms with Gasteiger partial charge < -0.3 is 15.1 Å². The van der Waals surface area contributed by atoms with E-state index in [1.807, 2.05) is 24.3 Å². The van der Waals surface area contributed by atoms with Gasteiger partial charge in [0.1, 0.15) is 0 Å². The van der Waals surface area contributed by atoms with Gasteiger partial charge in [-0.3, -0.25) is 4.98 Å². The molecule has 1 fully saturated rings. The molecule has 1 saturated heterocycles. The fourth-order valence-electron chi connectivity index (χ4n) is 3.14. The number of aromatic nitrogens is 3. The third kappa shape index (κ3) is 4.75. The van der Waals surface area contributed by atoms with Gasteiger partial charge >= 0.3 is 6.03 Å². The van der Waals surface area contributed by atoms with Crippen molar-refractivity contribution in [3.63, 3.8) is 0 Å². The summed E-state index contributed by atoms with van der Waals surface area (Å²) in [6.07, 6.45) is 3.46. The Labute approximate surface area is 178 Å². The Morgan fingerprint density at radius 1 is 0.897 bits per heavy atom. The zero-order valence-corrected chi connectivity index (χ0v) is 16.9. The summed E-state index contributed by atoms with van der Waals surface area (Å²) in [6.45, 7) is 2.50. The van der Waals surface area contributed by atoms with Gasteiger partial charge in [0.25, 0.3) is 0 Å². The van der Waals surface area contributed by atoms with Crippen LogP contribution in [0.2, 0.25) is 10.0 Å². The summed E-state index contributed by atoms with van der Waals surface area (Å²) in [4.78, 5) is 20.4. The highest BCUT2D eigenvalue weighted by Gasteiger charge is 2.22. The normalized spacial score (nSPS) is 14.0. The van der Waals surface area contributed by atoms with Gasteiger partial charge in [0, 0.05) is 59.9 Å². The lowest BCUT2D eigenvalue weighted by molar-refractivity contribution is 0.208. The molecule has 148 valence electrons. The predicted octanol–water partition coefficient (Wildman–Crippen LogP) is 4.20. The number of amides is 2. The largest absolute Gasteiger partial charge is 0.352 e. The highest BCUT2D eigenvalue weighted by molar-refractivity contribution is 6.35. The van der Waals surface area contributed by atoms with Crippen LogP contribution in [0.15, 0.2) is 54.9 Å². The minimum Gasteiger partial charge on any atom is -0.352 e. The van der Waals surface area contributed by atoms with E-state index in [9.17, 15) is 4.79 Å². The summed E-state index contributed by atoms with van der Waals surface area (Å²) in [5.41, 5.74) is 2.35. The molecule has 0 saturated carbocycles. The number of piperazine rings is 1. The number of pyridine rings is 1. The van der Waals surface area contributed by atoms with E-state index >= 15 is 0 Å². The van der Waals surface area contributed by atoms with Gasteiger partial charge in [-0.25, -0.2) is 4.79 Å². The van der Waals surface area contributed by atoms with Crippen molar-refractivity contribution >= 4 is 40.7 Å². The molecule has 1 N–H and O–H groups in total. The number of anilines is 2. The van der Waals surface area contributed by atoms with E-state index in [4.69, 9.17) is 23.2 Å². The highest BCUT2D eigenvalue weighted by Crippen LogP contribution is 2.23. The average molecular weight is 429 g/mol. The summed E-state index contributed by atoms with van der Waals surface area (Å²) in [5, 5.41) is 12.5. The molecule has 0 unspecified atom stereocenters. The van der Waals surface area contributed by atoms with E-state index in [2.05, 4.69) is 25.4 Å². The van der Waals surface area contributed by atoms with E-state index in [1.165, 1.54) is 0 Å². The number of rotatable bonds is 3. The predicted molar refractivity (Wildman–Crippen MR) is 115 cm³/mol. The molecule has 4 rings (SSSR count). The summed E-state index contributed by atoms with van der Waals surface area (Å²) >= 11 is 12.0. The number of urea groups is 1. The first-order valence-corrected chi connectivity index (χ1v) is 9.85.